The lowest BCUT2D eigenvalue weighted by Gasteiger charge is -2.12. The molecule has 0 radical (unpaired) electrons. The first-order valence-corrected chi connectivity index (χ1v) is 6.75. The van der Waals surface area contributed by atoms with Crippen molar-refractivity contribution in [2.75, 3.05) is 0 Å². The molecule has 0 bridgehead atoms. The van der Waals surface area contributed by atoms with E-state index in [1.807, 2.05) is 18.2 Å². The summed E-state index contributed by atoms with van der Waals surface area (Å²) >= 11 is 5.98. The molecule has 0 amide bonds. The van der Waals surface area contributed by atoms with E-state index in [4.69, 9.17) is 16.7 Å². The molecule has 0 unspecified atom stereocenters. The molecule has 2 aromatic rings. The van der Waals surface area contributed by atoms with E-state index in [1.54, 1.807) is 0 Å². The molecule has 2 rings (SSSR count). The minimum atomic E-state index is -0.768. The smallest absolute Gasteiger partial charge is 0.303 e. The fraction of sp³-hybridized carbons (Fsp3) is 0.429. The highest BCUT2D eigenvalue weighted by Crippen LogP contribution is 2.24. The molecule has 0 aliphatic carbocycles. The molecular weight excluding hydrogens is 264 g/mol. The van der Waals surface area contributed by atoms with Crippen LogP contribution in [0.15, 0.2) is 18.2 Å². The zero-order chi connectivity index (χ0) is 14.0. The van der Waals surface area contributed by atoms with Gasteiger partial charge >= 0.3 is 5.97 Å². The van der Waals surface area contributed by atoms with Crippen molar-refractivity contribution in [1.29, 1.82) is 0 Å². The van der Waals surface area contributed by atoms with Crippen LogP contribution in [0, 0.1) is 0 Å². The van der Waals surface area contributed by atoms with Crippen LogP contribution in [0.1, 0.15) is 38.6 Å². The van der Waals surface area contributed by atoms with Crippen LogP contribution < -0.4 is 0 Å². The lowest BCUT2D eigenvalue weighted by Crippen LogP contribution is -2.07. The Labute approximate surface area is 117 Å². The van der Waals surface area contributed by atoms with Gasteiger partial charge in [-0.3, -0.25) is 4.79 Å². The Morgan fingerprint density at radius 1 is 1.47 bits per heavy atom. The normalized spacial score (nSPS) is 11.4. The number of rotatable bonds is 5. The maximum absolute atomic E-state index is 10.6. The maximum atomic E-state index is 10.6. The minimum Gasteiger partial charge on any atom is -0.481 e. The van der Waals surface area contributed by atoms with Gasteiger partial charge in [-0.25, -0.2) is 4.98 Å². The number of imidazole rings is 1. The van der Waals surface area contributed by atoms with Crippen molar-refractivity contribution in [3.05, 3.63) is 29.0 Å². The molecule has 0 saturated carbocycles. The highest BCUT2D eigenvalue weighted by molar-refractivity contribution is 6.31. The van der Waals surface area contributed by atoms with Crippen LogP contribution in [0.4, 0.5) is 0 Å². The summed E-state index contributed by atoms with van der Waals surface area (Å²) in [6.45, 7) is 4.19. The molecule has 0 atom stereocenters. The average molecular weight is 281 g/mol. The molecule has 0 aliphatic heterocycles. The SMILES string of the molecule is CC(C)n1c(CCCC(=O)O)nc2cc(Cl)ccc21. The molecule has 0 saturated heterocycles. The van der Waals surface area contributed by atoms with Crippen molar-refractivity contribution in [1.82, 2.24) is 9.55 Å². The second kappa shape index (κ2) is 5.61. The molecular formula is C14H17ClN2O2. The number of hydrogen-bond donors (Lipinski definition) is 1. The number of aryl methyl sites for hydroxylation is 1. The molecule has 0 spiro atoms. The number of carbonyl (C=O) groups is 1. The number of aliphatic carboxylic acids is 1. The minimum absolute atomic E-state index is 0.169. The van der Waals surface area contributed by atoms with Crippen molar-refractivity contribution in [3.63, 3.8) is 0 Å². The van der Waals surface area contributed by atoms with E-state index in [9.17, 15) is 4.79 Å². The van der Waals surface area contributed by atoms with E-state index in [-0.39, 0.29) is 12.5 Å². The van der Waals surface area contributed by atoms with Crippen LogP contribution in [-0.4, -0.2) is 20.6 Å². The summed E-state index contributed by atoms with van der Waals surface area (Å²) in [7, 11) is 0. The lowest BCUT2D eigenvalue weighted by molar-refractivity contribution is -0.137. The predicted octanol–water partition coefficient (Wildman–Crippen LogP) is 3.68. The van der Waals surface area contributed by atoms with E-state index in [1.165, 1.54) is 0 Å². The van der Waals surface area contributed by atoms with E-state index >= 15 is 0 Å². The first-order chi connectivity index (χ1) is 8.99. The molecule has 0 fully saturated rings. The van der Waals surface area contributed by atoms with E-state index in [0.717, 1.165) is 16.9 Å². The molecule has 1 aromatic heterocycles. The van der Waals surface area contributed by atoms with E-state index in [2.05, 4.69) is 23.4 Å². The zero-order valence-corrected chi connectivity index (χ0v) is 11.8. The topological polar surface area (TPSA) is 55.1 Å². The summed E-state index contributed by atoms with van der Waals surface area (Å²) in [5.74, 6) is 0.156. The molecule has 19 heavy (non-hydrogen) atoms. The van der Waals surface area contributed by atoms with Crippen LogP contribution in [0.25, 0.3) is 11.0 Å². The number of aromatic nitrogens is 2. The second-order valence-electron chi connectivity index (χ2n) is 4.87. The van der Waals surface area contributed by atoms with Gasteiger partial charge in [0.05, 0.1) is 11.0 Å². The average Bonchev–Trinajstić information content (AvgIpc) is 2.65. The summed E-state index contributed by atoms with van der Waals surface area (Å²) in [6, 6.07) is 5.94. The van der Waals surface area contributed by atoms with Gasteiger partial charge in [0, 0.05) is 23.9 Å². The van der Waals surface area contributed by atoms with Gasteiger partial charge in [-0.2, -0.15) is 0 Å². The zero-order valence-electron chi connectivity index (χ0n) is 11.1. The summed E-state index contributed by atoms with van der Waals surface area (Å²) in [5, 5.41) is 9.37. The molecule has 102 valence electrons. The van der Waals surface area contributed by atoms with Crippen LogP contribution in [0.3, 0.4) is 0 Å². The molecule has 5 heteroatoms. The highest BCUT2D eigenvalue weighted by atomic mass is 35.5. The van der Waals surface area contributed by atoms with Crippen molar-refractivity contribution < 1.29 is 9.90 Å². The van der Waals surface area contributed by atoms with E-state index in [0.29, 0.717) is 17.9 Å². The summed E-state index contributed by atoms with van der Waals surface area (Å²) in [6.07, 6.45) is 1.43. The van der Waals surface area contributed by atoms with Crippen LogP contribution in [0.2, 0.25) is 5.02 Å². The quantitative estimate of drug-likeness (QED) is 0.909. The number of carboxylic acid groups (broad SMARTS) is 1. The fourth-order valence-corrected chi connectivity index (χ4v) is 2.44. The molecule has 4 nitrogen and oxygen atoms in total. The fourth-order valence-electron chi connectivity index (χ4n) is 2.27. The Morgan fingerprint density at radius 2 is 2.21 bits per heavy atom. The molecule has 0 aliphatic rings. The number of nitrogens with zero attached hydrogens (tertiary/aromatic N) is 2. The monoisotopic (exact) mass is 280 g/mol. The summed E-state index contributed by atoms with van der Waals surface area (Å²) in [5.41, 5.74) is 1.91. The first-order valence-electron chi connectivity index (χ1n) is 6.37. The van der Waals surface area contributed by atoms with Gasteiger partial charge < -0.3 is 9.67 Å². The first kappa shape index (κ1) is 13.9. The van der Waals surface area contributed by atoms with Crippen molar-refractivity contribution in [3.8, 4) is 0 Å². The number of carboxylic acids is 1. The molecule has 1 aromatic carbocycles. The van der Waals surface area contributed by atoms with Crippen LogP contribution in [0.5, 0.6) is 0 Å². The number of halogens is 1. The third kappa shape index (κ3) is 3.07. The standard InChI is InChI=1S/C14H17ClN2O2/c1-9(2)17-12-7-6-10(15)8-11(12)16-13(17)4-3-5-14(18)19/h6-9H,3-5H2,1-2H3,(H,18,19). The van der Waals surface area contributed by atoms with Crippen LogP contribution in [-0.2, 0) is 11.2 Å². The second-order valence-corrected chi connectivity index (χ2v) is 5.31. The van der Waals surface area contributed by atoms with Gasteiger partial charge in [0.1, 0.15) is 5.82 Å². The number of fused-ring (bicyclic) bond motifs is 1. The lowest BCUT2D eigenvalue weighted by atomic mass is 10.2. The number of benzene rings is 1. The Balaban J connectivity index is 2.36. The number of hydrogen-bond acceptors (Lipinski definition) is 2. The predicted molar refractivity (Wildman–Crippen MR) is 75.7 cm³/mol. The summed E-state index contributed by atoms with van der Waals surface area (Å²) in [4.78, 5) is 15.2. The Morgan fingerprint density at radius 3 is 2.84 bits per heavy atom. The summed E-state index contributed by atoms with van der Waals surface area (Å²) < 4.78 is 2.15. The van der Waals surface area contributed by atoms with Gasteiger partial charge in [-0.1, -0.05) is 11.6 Å². The van der Waals surface area contributed by atoms with Gasteiger partial charge in [0.2, 0.25) is 0 Å². The third-order valence-corrected chi connectivity index (χ3v) is 3.27. The largest absolute Gasteiger partial charge is 0.481 e. The highest BCUT2D eigenvalue weighted by Gasteiger charge is 2.13. The third-order valence-electron chi connectivity index (χ3n) is 3.03. The van der Waals surface area contributed by atoms with Crippen molar-refractivity contribution >= 4 is 28.6 Å². The molecule has 1 N–H and O–H groups in total. The Bertz CT molecular complexity index is 605. The van der Waals surface area contributed by atoms with E-state index < -0.39 is 5.97 Å². The van der Waals surface area contributed by atoms with Gasteiger partial charge in [0.25, 0.3) is 0 Å². The molecule has 1 heterocycles. The Hall–Kier alpha value is -1.55. The van der Waals surface area contributed by atoms with Crippen molar-refractivity contribution in [2.45, 2.75) is 39.2 Å². The van der Waals surface area contributed by atoms with Gasteiger partial charge in [-0.05, 0) is 38.5 Å². The maximum Gasteiger partial charge on any atom is 0.303 e. The van der Waals surface area contributed by atoms with Gasteiger partial charge in [-0.15, -0.1) is 0 Å². The van der Waals surface area contributed by atoms with Gasteiger partial charge in [0.15, 0.2) is 0 Å². The van der Waals surface area contributed by atoms with Crippen molar-refractivity contribution in [2.24, 2.45) is 0 Å². The Kier molecular flexibility index (Phi) is 4.10. The van der Waals surface area contributed by atoms with Crippen LogP contribution >= 0.6 is 11.6 Å².